The summed E-state index contributed by atoms with van der Waals surface area (Å²) in [6.45, 7) is 0. The van der Waals surface area contributed by atoms with Gasteiger partial charge in [-0.3, -0.25) is 0 Å². The lowest BCUT2D eigenvalue weighted by molar-refractivity contribution is 0.650. The molecule has 0 saturated heterocycles. The van der Waals surface area contributed by atoms with E-state index in [0.717, 1.165) is 33.9 Å². The Morgan fingerprint density at radius 1 is 0.364 bits per heavy atom. The van der Waals surface area contributed by atoms with Crippen molar-refractivity contribution >= 4 is 92.4 Å². The molecule has 1 aliphatic carbocycles. The zero-order valence-electron chi connectivity index (χ0n) is 36.1. The van der Waals surface area contributed by atoms with Gasteiger partial charge in [0.05, 0.1) is 6.04 Å². The van der Waals surface area contributed by atoms with Crippen LogP contribution in [-0.4, -0.2) is 4.57 Å². The second-order valence-electron chi connectivity index (χ2n) is 17.7. The van der Waals surface area contributed by atoms with Crippen molar-refractivity contribution in [1.82, 2.24) is 4.57 Å². The number of benzene rings is 11. The predicted molar refractivity (Wildman–Crippen MR) is 280 cm³/mol. The van der Waals surface area contributed by atoms with Crippen LogP contribution in [0.15, 0.2) is 235 Å². The Morgan fingerprint density at radius 2 is 0.803 bits per heavy atom. The number of fused-ring (bicyclic) bond motifs is 10. The van der Waals surface area contributed by atoms with Gasteiger partial charge < -0.3 is 8.98 Å². The minimum absolute atomic E-state index is 0.161. The van der Waals surface area contributed by atoms with Gasteiger partial charge in [-0.15, -0.1) is 0 Å². The lowest BCUT2D eigenvalue weighted by Gasteiger charge is -2.24. The van der Waals surface area contributed by atoms with Gasteiger partial charge in [0.15, 0.2) is 0 Å². The van der Waals surface area contributed by atoms with E-state index in [-0.39, 0.29) is 6.04 Å². The maximum atomic E-state index is 7.16. The van der Waals surface area contributed by atoms with Gasteiger partial charge in [-0.1, -0.05) is 212 Å². The molecule has 2 heteroatoms. The average Bonchev–Trinajstić information content (AvgIpc) is 3.94. The zero-order valence-corrected chi connectivity index (χ0v) is 36.1. The lowest BCUT2D eigenvalue weighted by atomic mass is 9.83. The van der Waals surface area contributed by atoms with Gasteiger partial charge in [-0.2, -0.15) is 0 Å². The van der Waals surface area contributed by atoms with Crippen LogP contribution in [0.4, 0.5) is 0 Å². The molecule has 0 aliphatic heterocycles. The highest BCUT2D eigenvalue weighted by molar-refractivity contribution is 6.28. The molecule has 1 unspecified atom stereocenters. The number of hydrogen-bond acceptors (Lipinski definition) is 1. The predicted octanol–water partition coefficient (Wildman–Crippen LogP) is 17.9. The lowest BCUT2D eigenvalue weighted by Crippen LogP contribution is -2.08. The minimum atomic E-state index is 0.161. The second-order valence-corrected chi connectivity index (χ2v) is 17.7. The summed E-state index contributed by atoms with van der Waals surface area (Å²) in [6, 6.07) is 77.8. The summed E-state index contributed by atoms with van der Waals surface area (Å²) in [5.74, 6) is 0. The van der Waals surface area contributed by atoms with E-state index in [9.17, 15) is 0 Å². The van der Waals surface area contributed by atoms with Crippen molar-refractivity contribution < 1.29 is 4.42 Å². The summed E-state index contributed by atoms with van der Waals surface area (Å²) in [4.78, 5) is 0. The maximum absolute atomic E-state index is 7.16. The van der Waals surface area contributed by atoms with Gasteiger partial charge >= 0.3 is 0 Å². The Balaban J connectivity index is 1.00. The molecule has 1 atom stereocenters. The third-order valence-corrected chi connectivity index (χ3v) is 14.3. The summed E-state index contributed by atoms with van der Waals surface area (Å²) in [5.41, 5.74) is 14.0. The van der Waals surface area contributed by atoms with Crippen LogP contribution in [0.3, 0.4) is 0 Å². The quantitative estimate of drug-likeness (QED) is 0.158. The Kier molecular flexibility index (Phi) is 8.14. The highest BCUT2D eigenvalue weighted by atomic mass is 16.3. The fraction of sp³-hybridized carbons (Fsp3) is 0.0312. The molecule has 0 bridgehead atoms. The molecule has 0 N–H and O–H groups in total. The van der Waals surface area contributed by atoms with Crippen molar-refractivity contribution in [1.29, 1.82) is 0 Å². The summed E-state index contributed by atoms with van der Waals surface area (Å²) >= 11 is 0. The number of aromatic nitrogens is 1. The standard InChI is InChI=1S/C64H41NO/c1-2-19-40(20-3-1)59-45-25-4-8-29-49(45)61(50-30-9-5-26-46(50)59)53-33-18-38-58-63(53)55-35-17-34-54(64(55)66-58)62-51-31-10-6-27-47(51)60(48-28-7-11-32-52(48)62)41-21-16-22-42(39-41)65-56-36-14-12-23-43(56)44-24-13-15-37-57(44)65/h1-21,23-39,42H,22H2. The normalized spacial score (nSPS) is 14.2. The van der Waals surface area contributed by atoms with Crippen LogP contribution in [-0.2, 0) is 0 Å². The molecule has 308 valence electrons. The first kappa shape index (κ1) is 37.0. The van der Waals surface area contributed by atoms with E-state index < -0.39 is 0 Å². The molecule has 0 fully saturated rings. The monoisotopic (exact) mass is 839 g/mol. The van der Waals surface area contributed by atoms with Gasteiger partial charge in [0.25, 0.3) is 0 Å². The van der Waals surface area contributed by atoms with Crippen molar-refractivity contribution in [2.75, 3.05) is 0 Å². The van der Waals surface area contributed by atoms with Crippen LogP contribution in [0.2, 0.25) is 0 Å². The van der Waals surface area contributed by atoms with E-state index in [1.54, 1.807) is 0 Å². The van der Waals surface area contributed by atoms with Crippen molar-refractivity contribution in [3.05, 3.63) is 236 Å². The summed E-state index contributed by atoms with van der Waals surface area (Å²) in [7, 11) is 0. The molecule has 1 aliphatic rings. The van der Waals surface area contributed by atoms with Crippen LogP contribution in [0.25, 0.3) is 126 Å². The molecule has 0 radical (unpaired) electrons. The fourth-order valence-electron chi connectivity index (χ4n) is 11.6. The summed E-state index contributed by atoms with van der Waals surface area (Å²) < 4.78 is 9.71. The summed E-state index contributed by atoms with van der Waals surface area (Å²) in [5, 5.41) is 14.7. The number of rotatable bonds is 5. The molecule has 14 rings (SSSR count). The van der Waals surface area contributed by atoms with Crippen LogP contribution < -0.4 is 0 Å². The number of nitrogens with zero attached hydrogens (tertiary/aromatic N) is 1. The van der Waals surface area contributed by atoms with Crippen LogP contribution in [0, 0.1) is 0 Å². The molecule has 0 saturated carbocycles. The van der Waals surface area contributed by atoms with E-state index in [1.807, 2.05) is 0 Å². The molecule has 2 heterocycles. The van der Waals surface area contributed by atoms with Crippen LogP contribution >= 0.6 is 0 Å². The average molecular weight is 840 g/mol. The molecular weight excluding hydrogens is 799 g/mol. The molecule has 0 spiro atoms. The largest absolute Gasteiger partial charge is 0.455 e. The van der Waals surface area contributed by atoms with Gasteiger partial charge in [-0.05, 0) is 101 Å². The molecule has 0 amide bonds. The zero-order chi connectivity index (χ0) is 43.3. The first-order valence-corrected chi connectivity index (χ1v) is 23.0. The Labute approximate surface area is 381 Å². The molecule has 2 aromatic heterocycles. The second kappa shape index (κ2) is 14.5. The van der Waals surface area contributed by atoms with Crippen LogP contribution in [0.5, 0.6) is 0 Å². The van der Waals surface area contributed by atoms with Gasteiger partial charge in [0.2, 0.25) is 0 Å². The fourth-order valence-corrected chi connectivity index (χ4v) is 11.6. The van der Waals surface area contributed by atoms with E-state index >= 15 is 0 Å². The molecule has 66 heavy (non-hydrogen) atoms. The molecule has 13 aromatic rings. The highest BCUT2D eigenvalue weighted by Gasteiger charge is 2.25. The van der Waals surface area contributed by atoms with E-state index in [4.69, 9.17) is 4.42 Å². The Bertz CT molecular complexity index is 4030. The third-order valence-electron chi connectivity index (χ3n) is 14.3. The van der Waals surface area contributed by atoms with Gasteiger partial charge in [0, 0.05) is 43.7 Å². The minimum Gasteiger partial charge on any atom is -0.455 e. The first-order chi connectivity index (χ1) is 32.8. The van der Waals surface area contributed by atoms with E-state index in [0.29, 0.717) is 0 Å². The number of hydrogen-bond donors (Lipinski definition) is 0. The first-order valence-electron chi connectivity index (χ1n) is 23.0. The number of furan rings is 1. The van der Waals surface area contributed by atoms with Gasteiger partial charge in [-0.25, -0.2) is 0 Å². The Hall–Kier alpha value is -8.46. The summed E-state index contributed by atoms with van der Waals surface area (Å²) in [6.07, 6.45) is 8.15. The smallest absolute Gasteiger partial charge is 0.143 e. The highest BCUT2D eigenvalue weighted by Crippen LogP contribution is 2.50. The van der Waals surface area contributed by atoms with Crippen molar-refractivity contribution in [3.63, 3.8) is 0 Å². The van der Waals surface area contributed by atoms with E-state index in [2.05, 4.69) is 235 Å². The van der Waals surface area contributed by atoms with Crippen molar-refractivity contribution in [3.8, 4) is 33.4 Å². The molecular formula is C64H41NO. The SMILES string of the molecule is C1=CC(c2c3ccccc3c(-c3cccc4c3oc3cccc(-c5c6ccccc6c(-c6ccccc6)c6ccccc56)c34)c3ccccc23)=CC(n2c3ccccc3c3ccccc32)C1. The number of allylic oxidation sites excluding steroid dienone is 4. The number of para-hydroxylation sites is 3. The Morgan fingerprint density at radius 3 is 1.38 bits per heavy atom. The maximum Gasteiger partial charge on any atom is 0.143 e. The van der Waals surface area contributed by atoms with Gasteiger partial charge in [0.1, 0.15) is 11.2 Å². The van der Waals surface area contributed by atoms with E-state index in [1.165, 1.54) is 104 Å². The third kappa shape index (κ3) is 5.36. The van der Waals surface area contributed by atoms with Crippen LogP contribution in [0.1, 0.15) is 18.0 Å². The topological polar surface area (TPSA) is 18.1 Å². The van der Waals surface area contributed by atoms with Crippen molar-refractivity contribution in [2.24, 2.45) is 0 Å². The molecule has 2 nitrogen and oxygen atoms in total. The van der Waals surface area contributed by atoms with Crippen molar-refractivity contribution in [2.45, 2.75) is 12.5 Å². The molecule has 11 aromatic carbocycles.